The predicted molar refractivity (Wildman–Crippen MR) is 116 cm³/mol. The van der Waals surface area contributed by atoms with Gasteiger partial charge in [0.2, 0.25) is 0 Å². The molecule has 5 fully saturated rings. The van der Waals surface area contributed by atoms with Crippen molar-refractivity contribution < 1.29 is 23.8 Å². The Morgan fingerprint density at radius 3 is 2.32 bits per heavy atom. The van der Waals surface area contributed by atoms with E-state index in [9.17, 15) is 9.59 Å². The van der Waals surface area contributed by atoms with Gasteiger partial charge in [0.05, 0.1) is 6.10 Å². The summed E-state index contributed by atoms with van der Waals surface area (Å²) in [6.45, 7) is 12.0. The van der Waals surface area contributed by atoms with Crippen molar-refractivity contribution in [2.24, 2.45) is 34.5 Å². The van der Waals surface area contributed by atoms with Crippen molar-refractivity contribution in [1.29, 1.82) is 0 Å². The van der Waals surface area contributed by atoms with Gasteiger partial charge in [0, 0.05) is 12.3 Å². The number of carbonyl (C=O) groups is 2. The van der Waals surface area contributed by atoms with Gasteiger partial charge in [0.25, 0.3) is 0 Å². The standard InChI is InChI=1S/C26H40O5/c1-15(27)26-22(30-23(3,4)31-26)14-21-19-8-7-17-13-18(29-16(2)28)9-11-24(17,5)20(19)10-12-25(21,26)6/h17-22H,7-14H2,1-6H3/t17-,18-,19+,20-,21-,22-,24-,25-,26+/m0/s1. The van der Waals surface area contributed by atoms with Gasteiger partial charge in [-0.3, -0.25) is 9.59 Å². The van der Waals surface area contributed by atoms with Crippen molar-refractivity contribution in [2.75, 3.05) is 0 Å². The molecule has 5 nitrogen and oxygen atoms in total. The Hall–Kier alpha value is -0.940. The number of fused-ring (bicyclic) bond motifs is 7. The molecule has 5 heteroatoms. The molecule has 0 radical (unpaired) electrons. The first-order valence-electron chi connectivity index (χ1n) is 12.5. The summed E-state index contributed by atoms with van der Waals surface area (Å²) >= 11 is 0. The minimum absolute atomic E-state index is 0.0943. The Morgan fingerprint density at radius 1 is 0.903 bits per heavy atom. The maximum atomic E-state index is 13.1. The van der Waals surface area contributed by atoms with Crippen molar-refractivity contribution in [3.63, 3.8) is 0 Å². The van der Waals surface area contributed by atoms with Gasteiger partial charge in [0.15, 0.2) is 17.2 Å². The molecule has 0 N–H and O–H groups in total. The lowest BCUT2D eigenvalue weighted by Gasteiger charge is -2.61. The number of carbonyl (C=O) groups excluding carboxylic acids is 2. The lowest BCUT2D eigenvalue weighted by atomic mass is 9.44. The third-order valence-corrected chi connectivity index (χ3v) is 10.5. The highest BCUT2D eigenvalue weighted by Gasteiger charge is 2.75. The lowest BCUT2D eigenvalue weighted by Crippen LogP contribution is -2.60. The maximum Gasteiger partial charge on any atom is 0.302 e. The summed E-state index contributed by atoms with van der Waals surface area (Å²) < 4.78 is 18.5. The molecule has 1 saturated heterocycles. The fourth-order valence-electron chi connectivity index (χ4n) is 9.31. The Bertz CT molecular complexity index is 791. The molecule has 0 bridgehead atoms. The van der Waals surface area contributed by atoms with Crippen LogP contribution in [0.5, 0.6) is 0 Å². The summed E-state index contributed by atoms with van der Waals surface area (Å²) in [5, 5.41) is 0. The number of rotatable bonds is 2. The summed E-state index contributed by atoms with van der Waals surface area (Å²) in [4.78, 5) is 24.6. The first kappa shape index (κ1) is 21.9. The summed E-state index contributed by atoms with van der Waals surface area (Å²) in [5.74, 6) is 1.71. The molecule has 174 valence electrons. The number of hydrogen-bond acceptors (Lipinski definition) is 5. The first-order valence-corrected chi connectivity index (χ1v) is 12.5. The molecule has 0 spiro atoms. The number of ether oxygens (including phenoxy) is 3. The maximum absolute atomic E-state index is 13.1. The first-order chi connectivity index (χ1) is 14.4. The molecule has 1 heterocycles. The molecule has 4 aliphatic carbocycles. The van der Waals surface area contributed by atoms with Gasteiger partial charge in [-0.05, 0) is 101 Å². The van der Waals surface area contributed by atoms with Crippen LogP contribution in [0.25, 0.3) is 0 Å². The molecule has 31 heavy (non-hydrogen) atoms. The quantitative estimate of drug-likeness (QED) is 0.572. The Kier molecular flexibility index (Phi) is 4.79. The van der Waals surface area contributed by atoms with E-state index in [-0.39, 0.29) is 29.4 Å². The van der Waals surface area contributed by atoms with E-state index in [2.05, 4.69) is 13.8 Å². The second kappa shape index (κ2) is 6.79. The third-order valence-electron chi connectivity index (χ3n) is 10.5. The monoisotopic (exact) mass is 432 g/mol. The van der Waals surface area contributed by atoms with Gasteiger partial charge in [-0.1, -0.05) is 13.8 Å². The van der Waals surface area contributed by atoms with Crippen LogP contribution in [0, 0.1) is 34.5 Å². The van der Waals surface area contributed by atoms with Crippen molar-refractivity contribution >= 4 is 11.8 Å². The van der Waals surface area contributed by atoms with Crippen molar-refractivity contribution in [3.05, 3.63) is 0 Å². The molecule has 0 aromatic carbocycles. The Balaban J connectivity index is 1.43. The SMILES string of the molecule is CC(=O)O[C@H]1CC[C@@]2(C)[C@@H](CC[C@@H]3[C@@H]2CC[C@@]2(C)[C@H]3C[C@@H]3OC(C)(C)O[C@]32C(C)=O)C1. The number of ketones is 1. The van der Waals surface area contributed by atoms with Crippen LogP contribution in [-0.4, -0.2) is 35.3 Å². The van der Waals surface area contributed by atoms with Gasteiger partial charge in [-0.2, -0.15) is 0 Å². The molecule has 0 aromatic rings. The zero-order valence-electron chi connectivity index (χ0n) is 20.2. The average Bonchev–Trinajstić information content (AvgIpc) is 3.08. The molecule has 0 amide bonds. The molecular formula is C26H40O5. The highest BCUT2D eigenvalue weighted by molar-refractivity contribution is 5.88. The molecule has 0 unspecified atom stereocenters. The smallest absolute Gasteiger partial charge is 0.302 e. The van der Waals surface area contributed by atoms with Crippen LogP contribution in [0.3, 0.4) is 0 Å². The largest absolute Gasteiger partial charge is 0.463 e. The van der Waals surface area contributed by atoms with Crippen LogP contribution in [0.2, 0.25) is 0 Å². The fraction of sp³-hybridized carbons (Fsp3) is 0.923. The van der Waals surface area contributed by atoms with Crippen molar-refractivity contribution in [2.45, 2.75) is 117 Å². The van der Waals surface area contributed by atoms with E-state index in [4.69, 9.17) is 14.2 Å². The van der Waals surface area contributed by atoms with Crippen LogP contribution in [0.15, 0.2) is 0 Å². The summed E-state index contributed by atoms with van der Waals surface area (Å²) in [6, 6.07) is 0. The van der Waals surface area contributed by atoms with Crippen molar-refractivity contribution in [1.82, 2.24) is 0 Å². The van der Waals surface area contributed by atoms with E-state index in [1.165, 1.54) is 19.8 Å². The van der Waals surface area contributed by atoms with E-state index in [1.807, 2.05) is 13.8 Å². The molecule has 9 atom stereocenters. The van der Waals surface area contributed by atoms with Gasteiger partial charge < -0.3 is 14.2 Å². The second-order valence-corrected chi connectivity index (χ2v) is 12.3. The zero-order chi connectivity index (χ0) is 22.4. The summed E-state index contributed by atoms with van der Waals surface area (Å²) in [6.07, 6.45) is 8.66. The molecule has 0 aromatic heterocycles. The van der Waals surface area contributed by atoms with Gasteiger partial charge in [-0.25, -0.2) is 0 Å². The summed E-state index contributed by atoms with van der Waals surface area (Å²) in [5.41, 5.74) is -0.642. The molecule has 5 aliphatic rings. The van der Waals surface area contributed by atoms with Gasteiger partial charge >= 0.3 is 5.97 Å². The fourth-order valence-corrected chi connectivity index (χ4v) is 9.31. The summed E-state index contributed by atoms with van der Waals surface area (Å²) in [7, 11) is 0. The van der Waals surface area contributed by atoms with Gasteiger partial charge in [-0.15, -0.1) is 0 Å². The number of esters is 1. The van der Waals surface area contributed by atoms with E-state index in [0.29, 0.717) is 29.1 Å². The van der Waals surface area contributed by atoms with Crippen LogP contribution < -0.4 is 0 Å². The van der Waals surface area contributed by atoms with E-state index < -0.39 is 11.4 Å². The topological polar surface area (TPSA) is 61.8 Å². The Morgan fingerprint density at radius 2 is 1.65 bits per heavy atom. The van der Waals surface area contributed by atoms with Crippen molar-refractivity contribution in [3.8, 4) is 0 Å². The second-order valence-electron chi connectivity index (χ2n) is 12.3. The minimum Gasteiger partial charge on any atom is -0.463 e. The zero-order valence-corrected chi connectivity index (χ0v) is 20.2. The van der Waals surface area contributed by atoms with Crippen LogP contribution in [0.1, 0.15) is 92.9 Å². The van der Waals surface area contributed by atoms with Crippen LogP contribution in [0.4, 0.5) is 0 Å². The molecular weight excluding hydrogens is 392 g/mol. The normalized spacial score (nSPS) is 52.5. The third kappa shape index (κ3) is 2.87. The van der Waals surface area contributed by atoms with Crippen LogP contribution >= 0.6 is 0 Å². The predicted octanol–water partition coefficient (Wildman–Crippen LogP) is 5.05. The van der Waals surface area contributed by atoms with E-state index >= 15 is 0 Å². The number of hydrogen-bond donors (Lipinski definition) is 0. The number of Topliss-reactive ketones (excluding diaryl/α,β-unsaturated/α-hetero) is 1. The van der Waals surface area contributed by atoms with E-state index in [1.54, 1.807) is 6.92 Å². The highest BCUT2D eigenvalue weighted by Crippen LogP contribution is 2.71. The van der Waals surface area contributed by atoms with Crippen LogP contribution in [-0.2, 0) is 23.8 Å². The van der Waals surface area contributed by atoms with Gasteiger partial charge in [0.1, 0.15) is 6.10 Å². The minimum atomic E-state index is -0.795. The molecule has 1 aliphatic heterocycles. The highest BCUT2D eigenvalue weighted by atomic mass is 16.8. The molecule has 5 rings (SSSR count). The van der Waals surface area contributed by atoms with E-state index in [0.717, 1.165) is 38.5 Å². The Labute approximate surface area is 186 Å². The average molecular weight is 433 g/mol. The lowest BCUT2D eigenvalue weighted by molar-refractivity contribution is -0.219. The molecule has 4 saturated carbocycles.